The highest BCUT2D eigenvalue weighted by Crippen LogP contribution is 2.15. The van der Waals surface area contributed by atoms with Gasteiger partial charge in [-0.15, -0.1) is 11.3 Å². The minimum atomic E-state index is -2.97. The third kappa shape index (κ3) is 6.60. The van der Waals surface area contributed by atoms with E-state index in [2.05, 4.69) is 4.74 Å². The second-order valence-corrected chi connectivity index (χ2v) is 6.05. The van der Waals surface area contributed by atoms with Gasteiger partial charge in [-0.2, -0.15) is 8.78 Å². The standard InChI is InChI=1S/C17H15F2NO5S/c18-17(19)25-12-5-3-11(4-6-12)16(23)20-14(21)10-24-15(22)8-7-13-2-1-9-26-13/h1-6,9,17H,7-8,10H2,(H,20,21,23). The Labute approximate surface area is 151 Å². The second-order valence-electron chi connectivity index (χ2n) is 5.02. The lowest BCUT2D eigenvalue weighted by atomic mass is 10.2. The van der Waals surface area contributed by atoms with Crippen LogP contribution in [0.25, 0.3) is 0 Å². The van der Waals surface area contributed by atoms with Crippen molar-refractivity contribution in [1.29, 1.82) is 0 Å². The summed E-state index contributed by atoms with van der Waals surface area (Å²) in [5, 5.41) is 3.93. The molecule has 2 aromatic rings. The molecule has 0 atom stereocenters. The van der Waals surface area contributed by atoms with E-state index in [1.165, 1.54) is 35.6 Å². The van der Waals surface area contributed by atoms with Gasteiger partial charge in [-0.1, -0.05) is 6.07 Å². The largest absolute Gasteiger partial charge is 0.456 e. The first kappa shape index (κ1) is 19.5. The van der Waals surface area contributed by atoms with Crippen molar-refractivity contribution in [3.05, 3.63) is 52.2 Å². The molecule has 1 heterocycles. The van der Waals surface area contributed by atoms with Crippen LogP contribution in [0.1, 0.15) is 21.7 Å². The number of ether oxygens (including phenoxy) is 2. The van der Waals surface area contributed by atoms with E-state index >= 15 is 0 Å². The zero-order chi connectivity index (χ0) is 18.9. The zero-order valence-electron chi connectivity index (χ0n) is 13.4. The van der Waals surface area contributed by atoms with E-state index in [1.54, 1.807) is 0 Å². The van der Waals surface area contributed by atoms with Crippen LogP contribution >= 0.6 is 11.3 Å². The highest BCUT2D eigenvalue weighted by atomic mass is 32.1. The van der Waals surface area contributed by atoms with E-state index in [0.717, 1.165) is 4.88 Å². The van der Waals surface area contributed by atoms with Gasteiger partial charge in [0.1, 0.15) is 5.75 Å². The van der Waals surface area contributed by atoms with Crippen molar-refractivity contribution >= 4 is 29.1 Å². The Morgan fingerprint density at radius 3 is 2.46 bits per heavy atom. The summed E-state index contributed by atoms with van der Waals surface area (Å²) >= 11 is 1.52. The van der Waals surface area contributed by atoms with Gasteiger partial charge >= 0.3 is 12.6 Å². The molecule has 0 unspecified atom stereocenters. The van der Waals surface area contributed by atoms with Crippen LogP contribution < -0.4 is 10.1 Å². The molecular formula is C17H15F2NO5S. The van der Waals surface area contributed by atoms with Crippen molar-refractivity contribution in [3.63, 3.8) is 0 Å². The van der Waals surface area contributed by atoms with Gasteiger partial charge in [0.05, 0.1) is 6.42 Å². The molecule has 2 rings (SSSR count). The van der Waals surface area contributed by atoms with Crippen LogP contribution in [0.4, 0.5) is 8.78 Å². The average Bonchev–Trinajstić information content (AvgIpc) is 3.11. The fraction of sp³-hybridized carbons (Fsp3) is 0.235. The maximum atomic E-state index is 12.0. The van der Waals surface area contributed by atoms with Gasteiger partial charge in [0, 0.05) is 10.4 Å². The number of aryl methyl sites for hydroxylation is 1. The molecule has 1 N–H and O–H groups in total. The SMILES string of the molecule is O=C(COC(=O)CCc1cccs1)NC(=O)c1ccc(OC(F)F)cc1. The number of imide groups is 1. The van der Waals surface area contributed by atoms with Crippen LogP contribution in [0.3, 0.4) is 0 Å². The fourth-order valence-electron chi connectivity index (χ4n) is 1.92. The molecule has 0 aliphatic rings. The third-order valence-corrected chi connectivity index (χ3v) is 4.05. The smallest absolute Gasteiger partial charge is 0.387 e. The Morgan fingerprint density at radius 2 is 1.85 bits per heavy atom. The Balaban J connectivity index is 1.72. The van der Waals surface area contributed by atoms with E-state index in [-0.39, 0.29) is 17.7 Å². The Hall–Kier alpha value is -2.81. The van der Waals surface area contributed by atoms with Crippen LogP contribution in [0, 0.1) is 0 Å². The van der Waals surface area contributed by atoms with E-state index in [1.807, 2.05) is 22.8 Å². The highest BCUT2D eigenvalue weighted by Gasteiger charge is 2.13. The lowest BCUT2D eigenvalue weighted by Gasteiger charge is -2.07. The van der Waals surface area contributed by atoms with Gasteiger partial charge in [-0.3, -0.25) is 19.7 Å². The predicted molar refractivity (Wildman–Crippen MR) is 89.1 cm³/mol. The summed E-state index contributed by atoms with van der Waals surface area (Å²) in [5.74, 6) is -2.18. The molecule has 0 radical (unpaired) electrons. The fourth-order valence-corrected chi connectivity index (χ4v) is 2.63. The number of rotatable bonds is 8. The summed E-state index contributed by atoms with van der Waals surface area (Å²) in [6.07, 6.45) is 0.650. The van der Waals surface area contributed by atoms with Gasteiger partial charge < -0.3 is 9.47 Å². The Bertz CT molecular complexity index is 747. The first-order valence-electron chi connectivity index (χ1n) is 7.51. The van der Waals surface area contributed by atoms with Crippen LogP contribution in [0.15, 0.2) is 41.8 Å². The maximum absolute atomic E-state index is 12.0. The number of carbonyl (C=O) groups excluding carboxylic acids is 3. The van der Waals surface area contributed by atoms with E-state index < -0.39 is 31.0 Å². The second kappa shape index (κ2) is 9.62. The number of carbonyl (C=O) groups is 3. The van der Waals surface area contributed by atoms with E-state index in [0.29, 0.717) is 6.42 Å². The summed E-state index contributed by atoms with van der Waals surface area (Å²) in [7, 11) is 0. The first-order chi connectivity index (χ1) is 12.4. The van der Waals surface area contributed by atoms with Gasteiger partial charge in [0.25, 0.3) is 11.8 Å². The summed E-state index contributed by atoms with van der Waals surface area (Å²) in [4.78, 5) is 36.1. The van der Waals surface area contributed by atoms with Crippen molar-refractivity contribution in [2.24, 2.45) is 0 Å². The molecular weight excluding hydrogens is 368 g/mol. The molecule has 0 bridgehead atoms. The number of esters is 1. The molecule has 0 fully saturated rings. The van der Waals surface area contributed by atoms with E-state index in [4.69, 9.17) is 4.74 Å². The predicted octanol–water partition coefficient (Wildman–Crippen LogP) is 2.78. The minimum Gasteiger partial charge on any atom is -0.456 e. The molecule has 0 aliphatic carbocycles. The van der Waals surface area contributed by atoms with Crippen LogP contribution in [0.2, 0.25) is 0 Å². The molecule has 26 heavy (non-hydrogen) atoms. The quantitative estimate of drug-likeness (QED) is 0.709. The summed E-state index contributed by atoms with van der Waals surface area (Å²) in [6, 6.07) is 8.57. The van der Waals surface area contributed by atoms with E-state index in [9.17, 15) is 23.2 Å². The summed E-state index contributed by atoms with van der Waals surface area (Å²) in [5.41, 5.74) is 0.0731. The monoisotopic (exact) mass is 383 g/mol. The number of hydrogen-bond donors (Lipinski definition) is 1. The first-order valence-corrected chi connectivity index (χ1v) is 8.39. The third-order valence-electron chi connectivity index (χ3n) is 3.11. The molecule has 6 nitrogen and oxygen atoms in total. The average molecular weight is 383 g/mol. The number of thiophene rings is 1. The highest BCUT2D eigenvalue weighted by molar-refractivity contribution is 7.09. The number of alkyl halides is 2. The van der Waals surface area contributed by atoms with Crippen molar-refractivity contribution in [2.75, 3.05) is 6.61 Å². The number of hydrogen-bond acceptors (Lipinski definition) is 6. The topological polar surface area (TPSA) is 81.7 Å². The van der Waals surface area contributed by atoms with Crippen LogP contribution in [0.5, 0.6) is 5.75 Å². The van der Waals surface area contributed by atoms with Gasteiger partial charge in [-0.05, 0) is 42.1 Å². The molecule has 9 heteroatoms. The molecule has 0 saturated carbocycles. The molecule has 1 aromatic heterocycles. The number of benzene rings is 1. The molecule has 2 amide bonds. The van der Waals surface area contributed by atoms with Crippen molar-refractivity contribution in [1.82, 2.24) is 5.32 Å². The van der Waals surface area contributed by atoms with Gasteiger partial charge in [0.15, 0.2) is 6.61 Å². The van der Waals surface area contributed by atoms with Gasteiger partial charge in [0.2, 0.25) is 0 Å². The normalized spacial score (nSPS) is 10.4. The molecule has 0 saturated heterocycles. The lowest BCUT2D eigenvalue weighted by Crippen LogP contribution is -2.34. The Kier molecular flexibility index (Phi) is 7.22. The lowest BCUT2D eigenvalue weighted by molar-refractivity contribution is -0.148. The van der Waals surface area contributed by atoms with Crippen molar-refractivity contribution in [2.45, 2.75) is 19.5 Å². The number of nitrogens with one attached hydrogen (secondary N) is 1. The molecule has 1 aromatic carbocycles. The minimum absolute atomic E-state index is 0.0731. The Morgan fingerprint density at radius 1 is 1.12 bits per heavy atom. The van der Waals surface area contributed by atoms with Crippen LogP contribution in [-0.2, 0) is 20.7 Å². The number of amides is 2. The van der Waals surface area contributed by atoms with Crippen molar-refractivity contribution < 1.29 is 32.6 Å². The molecule has 0 spiro atoms. The molecule has 138 valence electrons. The summed E-state index contributed by atoms with van der Waals surface area (Å²) in [6.45, 7) is -3.55. The molecule has 0 aliphatic heterocycles. The van der Waals surface area contributed by atoms with Gasteiger partial charge in [-0.25, -0.2) is 0 Å². The summed E-state index contributed by atoms with van der Waals surface area (Å²) < 4.78 is 33.1. The van der Waals surface area contributed by atoms with Crippen LogP contribution in [-0.4, -0.2) is 31.0 Å². The number of halogens is 2. The van der Waals surface area contributed by atoms with Crippen molar-refractivity contribution in [3.8, 4) is 5.75 Å². The zero-order valence-corrected chi connectivity index (χ0v) is 14.3. The maximum Gasteiger partial charge on any atom is 0.387 e.